The molecule has 1 aromatic rings. The van der Waals surface area contributed by atoms with Crippen molar-refractivity contribution in [3.8, 4) is 0 Å². The van der Waals surface area contributed by atoms with E-state index in [-0.39, 0.29) is 0 Å². The molecule has 1 saturated heterocycles. The smallest absolute Gasteiger partial charge is 0.134 e. The maximum atomic E-state index is 4.51. The first-order valence-corrected chi connectivity index (χ1v) is 7.55. The molecule has 0 unspecified atom stereocenters. The summed E-state index contributed by atoms with van der Waals surface area (Å²) in [6.45, 7) is 7.46. The van der Waals surface area contributed by atoms with Crippen LogP contribution < -0.4 is 10.6 Å². The summed E-state index contributed by atoms with van der Waals surface area (Å²) in [4.78, 5) is 11.3. The van der Waals surface area contributed by atoms with Gasteiger partial charge >= 0.3 is 0 Å². The third-order valence-corrected chi connectivity index (χ3v) is 4.18. The molecule has 0 aromatic carbocycles. The van der Waals surface area contributed by atoms with Crippen molar-refractivity contribution in [1.82, 2.24) is 14.9 Å². The number of nitrogens with one attached hydrogen (secondary N) is 2. The van der Waals surface area contributed by atoms with Gasteiger partial charge in [-0.05, 0) is 59.2 Å². The van der Waals surface area contributed by atoms with Crippen LogP contribution in [0.3, 0.4) is 0 Å². The van der Waals surface area contributed by atoms with Gasteiger partial charge in [0, 0.05) is 19.2 Å². The Morgan fingerprint density at radius 1 is 1.15 bits per heavy atom. The second-order valence-corrected chi connectivity index (χ2v) is 5.81. The van der Waals surface area contributed by atoms with E-state index < -0.39 is 0 Å². The molecule has 1 aromatic heterocycles. The standard InChI is InChI=1S/C15H27N5/c1-11-14(16-3)18-12(2)19-15(11)17-8-5-13-6-9-20(4)10-7-13/h13H,5-10H2,1-4H3,(H2,16,17,18,19). The summed E-state index contributed by atoms with van der Waals surface area (Å²) in [6, 6.07) is 0. The Labute approximate surface area is 122 Å². The summed E-state index contributed by atoms with van der Waals surface area (Å²) in [7, 11) is 4.11. The average molecular weight is 277 g/mol. The normalized spacial score (nSPS) is 17.2. The van der Waals surface area contributed by atoms with Gasteiger partial charge in [-0.2, -0.15) is 0 Å². The monoisotopic (exact) mass is 277 g/mol. The van der Waals surface area contributed by atoms with Crippen molar-refractivity contribution in [2.45, 2.75) is 33.1 Å². The molecule has 0 atom stereocenters. The van der Waals surface area contributed by atoms with Crippen LogP contribution in [0.15, 0.2) is 0 Å². The molecule has 1 aliphatic rings. The van der Waals surface area contributed by atoms with Crippen molar-refractivity contribution in [3.63, 3.8) is 0 Å². The molecular weight excluding hydrogens is 250 g/mol. The summed E-state index contributed by atoms with van der Waals surface area (Å²) in [6.07, 6.45) is 3.87. The molecule has 2 heterocycles. The van der Waals surface area contributed by atoms with E-state index in [0.29, 0.717) is 0 Å². The van der Waals surface area contributed by atoms with E-state index >= 15 is 0 Å². The predicted octanol–water partition coefficient (Wildman–Crippen LogP) is 2.28. The third kappa shape index (κ3) is 3.82. The molecule has 0 amide bonds. The van der Waals surface area contributed by atoms with Gasteiger partial charge < -0.3 is 15.5 Å². The summed E-state index contributed by atoms with van der Waals surface area (Å²) in [5.74, 6) is 3.54. The lowest BCUT2D eigenvalue weighted by Gasteiger charge is -2.29. The fraction of sp³-hybridized carbons (Fsp3) is 0.733. The first-order chi connectivity index (χ1) is 9.60. The largest absolute Gasteiger partial charge is 0.373 e. The minimum absolute atomic E-state index is 0.807. The topological polar surface area (TPSA) is 53.1 Å². The highest BCUT2D eigenvalue weighted by Gasteiger charge is 2.16. The molecular formula is C15H27N5. The number of aromatic nitrogens is 2. The maximum absolute atomic E-state index is 4.51. The van der Waals surface area contributed by atoms with Gasteiger partial charge in [0.05, 0.1) is 0 Å². The van der Waals surface area contributed by atoms with Crippen LogP contribution in [-0.4, -0.2) is 48.6 Å². The summed E-state index contributed by atoms with van der Waals surface area (Å²) < 4.78 is 0. The van der Waals surface area contributed by atoms with Gasteiger partial charge in [0.2, 0.25) is 0 Å². The van der Waals surface area contributed by atoms with Crippen molar-refractivity contribution in [2.75, 3.05) is 44.4 Å². The first kappa shape index (κ1) is 15.0. The van der Waals surface area contributed by atoms with Crippen molar-refractivity contribution >= 4 is 11.6 Å². The van der Waals surface area contributed by atoms with Gasteiger partial charge in [0.1, 0.15) is 17.5 Å². The molecule has 112 valence electrons. The zero-order valence-electron chi connectivity index (χ0n) is 13.2. The fourth-order valence-electron chi connectivity index (χ4n) is 2.79. The number of hydrogen-bond acceptors (Lipinski definition) is 5. The minimum Gasteiger partial charge on any atom is -0.373 e. The summed E-state index contributed by atoms with van der Waals surface area (Å²) in [5, 5.41) is 6.61. The highest BCUT2D eigenvalue weighted by molar-refractivity contribution is 5.56. The highest BCUT2D eigenvalue weighted by atomic mass is 15.1. The average Bonchev–Trinajstić information content (AvgIpc) is 2.44. The third-order valence-electron chi connectivity index (χ3n) is 4.18. The molecule has 20 heavy (non-hydrogen) atoms. The lowest BCUT2D eigenvalue weighted by Crippen LogP contribution is -2.30. The number of hydrogen-bond donors (Lipinski definition) is 2. The number of nitrogens with zero attached hydrogens (tertiary/aromatic N) is 3. The molecule has 1 fully saturated rings. The highest BCUT2D eigenvalue weighted by Crippen LogP contribution is 2.22. The molecule has 5 heteroatoms. The predicted molar refractivity (Wildman–Crippen MR) is 84.4 cm³/mol. The van der Waals surface area contributed by atoms with E-state index in [0.717, 1.165) is 35.5 Å². The maximum Gasteiger partial charge on any atom is 0.134 e. The van der Waals surface area contributed by atoms with Crippen molar-refractivity contribution < 1.29 is 0 Å². The molecule has 2 N–H and O–H groups in total. The molecule has 0 bridgehead atoms. The van der Waals surface area contributed by atoms with Crippen LogP contribution in [0.2, 0.25) is 0 Å². The van der Waals surface area contributed by atoms with Gasteiger partial charge in [-0.1, -0.05) is 0 Å². The lowest BCUT2D eigenvalue weighted by molar-refractivity contribution is 0.215. The minimum atomic E-state index is 0.807. The first-order valence-electron chi connectivity index (χ1n) is 7.55. The van der Waals surface area contributed by atoms with Crippen LogP contribution in [0.1, 0.15) is 30.7 Å². The number of rotatable bonds is 5. The van der Waals surface area contributed by atoms with E-state index in [1.165, 1.54) is 32.4 Å². The Morgan fingerprint density at radius 2 is 1.80 bits per heavy atom. The van der Waals surface area contributed by atoms with Crippen LogP contribution in [0.4, 0.5) is 11.6 Å². The number of anilines is 2. The molecule has 0 aliphatic carbocycles. The lowest BCUT2D eigenvalue weighted by atomic mass is 9.94. The molecule has 0 radical (unpaired) electrons. The van der Waals surface area contributed by atoms with Gasteiger partial charge in [-0.3, -0.25) is 0 Å². The van der Waals surface area contributed by atoms with Gasteiger partial charge in [-0.15, -0.1) is 0 Å². The Hall–Kier alpha value is -1.36. The van der Waals surface area contributed by atoms with Gasteiger partial charge in [0.15, 0.2) is 0 Å². The van der Waals surface area contributed by atoms with Crippen LogP contribution >= 0.6 is 0 Å². The van der Waals surface area contributed by atoms with E-state index in [9.17, 15) is 0 Å². The summed E-state index contributed by atoms with van der Waals surface area (Å²) >= 11 is 0. The summed E-state index contributed by atoms with van der Waals surface area (Å²) in [5.41, 5.74) is 1.10. The Morgan fingerprint density at radius 3 is 2.45 bits per heavy atom. The van der Waals surface area contributed by atoms with Gasteiger partial charge in [0.25, 0.3) is 0 Å². The Kier molecular flexibility index (Phi) is 5.17. The quantitative estimate of drug-likeness (QED) is 0.865. The number of piperidine rings is 1. The van der Waals surface area contributed by atoms with Crippen LogP contribution in [0.25, 0.3) is 0 Å². The van der Waals surface area contributed by atoms with Crippen molar-refractivity contribution in [2.24, 2.45) is 5.92 Å². The van der Waals surface area contributed by atoms with E-state index in [1.807, 2.05) is 14.0 Å². The van der Waals surface area contributed by atoms with Crippen LogP contribution in [0, 0.1) is 19.8 Å². The molecule has 0 spiro atoms. The fourth-order valence-corrected chi connectivity index (χ4v) is 2.79. The van der Waals surface area contributed by atoms with E-state index in [2.05, 4.69) is 39.5 Å². The van der Waals surface area contributed by atoms with Crippen molar-refractivity contribution in [3.05, 3.63) is 11.4 Å². The molecule has 2 rings (SSSR count). The van der Waals surface area contributed by atoms with E-state index in [1.54, 1.807) is 0 Å². The Balaban J connectivity index is 1.86. The number of aryl methyl sites for hydroxylation is 1. The van der Waals surface area contributed by atoms with Crippen molar-refractivity contribution in [1.29, 1.82) is 0 Å². The zero-order chi connectivity index (χ0) is 14.5. The second kappa shape index (κ2) is 6.88. The Bertz CT molecular complexity index is 438. The zero-order valence-corrected chi connectivity index (χ0v) is 13.2. The van der Waals surface area contributed by atoms with E-state index in [4.69, 9.17) is 0 Å². The van der Waals surface area contributed by atoms with Gasteiger partial charge in [-0.25, -0.2) is 9.97 Å². The molecule has 1 aliphatic heterocycles. The van der Waals surface area contributed by atoms with Crippen LogP contribution in [-0.2, 0) is 0 Å². The SMILES string of the molecule is CNc1nc(C)nc(NCCC2CCN(C)CC2)c1C. The molecule has 5 nitrogen and oxygen atoms in total. The van der Waals surface area contributed by atoms with Crippen LogP contribution in [0.5, 0.6) is 0 Å². The second-order valence-electron chi connectivity index (χ2n) is 5.81. The number of likely N-dealkylation sites (tertiary alicyclic amines) is 1. The molecule has 0 saturated carbocycles.